The summed E-state index contributed by atoms with van der Waals surface area (Å²) in [6.45, 7) is 6.76. The molecule has 0 radical (unpaired) electrons. The molecule has 1 saturated heterocycles. The van der Waals surface area contributed by atoms with Crippen LogP contribution in [0.2, 0.25) is 0 Å². The van der Waals surface area contributed by atoms with Crippen molar-refractivity contribution in [3.8, 4) is 0 Å². The molecule has 1 aliphatic heterocycles. The molecule has 112 valence electrons. The van der Waals surface area contributed by atoms with Gasteiger partial charge in [-0.3, -0.25) is 4.90 Å². The Morgan fingerprint density at radius 2 is 1.70 bits per heavy atom. The lowest BCUT2D eigenvalue weighted by atomic mass is 10.2. The van der Waals surface area contributed by atoms with Crippen LogP contribution in [0.25, 0.3) is 0 Å². The Morgan fingerprint density at radius 3 is 2.20 bits per heavy atom. The Balaban J connectivity index is 2.07. The van der Waals surface area contributed by atoms with Gasteiger partial charge in [-0.15, -0.1) is 0 Å². The monoisotopic (exact) mass is 300 g/mol. The molecular weight excluding hydrogens is 279 g/mol. The van der Waals surface area contributed by atoms with Gasteiger partial charge in [-0.05, 0) is 37.6 Å². The summed E-state index contributed by atoms with van der Waals surface area (Å²) in [4.78, 5) is 2.47. The number of halogens is 1. The lowest BCUT2D eigenvalue weighted by Gasteiger charge is -2.37. The quantitative estimate of drug-likeness (QED) is 0.853. The molecule has 6 heteroatoms. The molecule has 0 aromatic heterocycles. The van der Waals surface area contributed by atoms with Crippen LogP contribution in [0.3, 0.4) is 0 Å². The van der Waals surface area contributed by atoms with Gasteiger partial charge in [0.15, 0.2) is 0 Å². The highest BCUT2D eigenvalue weighted by atomic mass is 32.2. The molecule has 0 amide bonds. The summed E-state index contributed by atoms with van der Waals surface area (Å²) < 4.78 is 39.2. The zero-order valence-corrected chi connectivity index (χ0v) is 12.7. The molecule has 0 aliphatic carbocycles. The second-order valence-corrected chi connectivity index (χ2v) is 7.09. The van der Waals surface area contributed by atoms with Crippen LogP contribution in [0.5, 0.6) is 0 Å². The van der Waals surface area contributed by atoms with Crippen molar-refractivity contribution in [2.45, 2.75) is 31.2 Å². The van der Waals surface area contributed by atoms with Crippen molar-refractivity contribution < 1.29 is 12.8 Å². The number of sulfonamides is 1. The minimum absolute atomic E-state index is 0.163. The highest BCUT2D eigenvalue weighted by molar-refractivity contribution is 7.89. The molecular formula is C14H21FN2O2S. The molecule has 20 heavy (non-hydrogen) atoms. The fourth-order valence-corrected chi connectivity index (χ4v) is 3.82. The SMILES string of the molecule is CC[C@@H](C)N1CCN(S(=O)(=O)c2ccc(F)cc2)CC1. The zero-order valence-electron chi connectivity index (χ0n) is 11.9. The summed E-state index contributed by atoms with van der Waals surface area (Å²) in [6, 6.07) is 5.49. The van der Waals surface area contributed by atoms with Gasteiger partial charge < -0.3 is 0 Å². The number of hydrogen-bond donors (Lipinski definition) is 0. The number of piperazine rings is 1. The van der Waals surface area contributed by atoms with E-state index in [0.29, 0.717) is 19.1 Å². The highest BCUT2D eigenvalue weighted by Crippen LogP contribution is 2.19. The molecule has 1 aromatic carbocycles. The fraction of sp³-hybridized carbons (Fsp3) is 0.571. The van der Waals surface area contributed by atoms with E-state index in [9.17, 15) is 12.8 Å². The van der Waals surface area contributed by atoms with Crippen molar-refractivity contribution in [1.29, 1.82) is 0 Å². The van der Waals surface area contributed by atoms with Crippen LogP contribution < -0.4 is 0 Å². The molecule has 2 rings (SSSR count). The minimum atomic E-state index is -3.49. The van der Waals surface area contributed by atoms with Crippen molar-refractivity contribution in [2.24, 2.45) is 0 Å². The summed E-state index contributed by atoms with van der Waals surface area (Å²) in [5.74, 6) is -0.425. The third kappa shape index (κ3) is 3.19. The third-order valence-corrected chi connectivity index (χ3v) is 5.85. The maximum absolute atomic E-state index is 12.9. The Morgan fingerprint density at radius 1 is 1.15 bits per heavy atom. The Kier molecular flexibility index (Phi) is 4.78. The van der Waals surface area contributed by atoms with E-state index in [1.165, 1.54) is 28.6 Å². The van der Waals surface area contributed by atoms with Crippen LogP contribution in [0.15, 0.2) is 29.2 Å². The first kappa shape index (κ1) is 15.4. The van der Waals surface area contributed by atoms with Crippen LogP contribution in [-0.4, -0.2) is 49.8 Å². The maximum atomic E-state index is 12.9. The Bertz CT molecular complexity index is 537. The van der Waals surface area contributed by atoms with E-state index in [4.69, 9.17) is 0 Å². The first-order valence-corrected chi connectivity index (χ1v) is 8.39. The van der Waals surface area contributed by atoms with Crippen molar-refractivity contribution in [3.05, 3.63) is 30.1 Å². The molecule has 4 nitrogen and oxygen atoms in total. The second-order valence-electron chi connectivity index (χ2n) is 5.15. The molecule has 1 aliphatic rings. The van der Waals surface area contributed by atoms with Crippen molar-refractivity contribution in [2.75, 3.05) is 26.2 Å². The summed E-state index contributed by atoms with van der Waals surface area (Å²) in [6.07, 6.45) is 1.06. The lowest BCUT2D eigenvalue weighted by Crippen LogP contribution is -2.51. The van der Waals surface area contributed by atoms with Gasteiger partial charge in [-0.1, -0.05) is 6.92 Å². The van der Waals surface area contributed by atoms with E-state index in [1.54, 1.807) is 0 Å². The fourth-order valence-electron chi connectivity index (χ4n) is 2.40. The van der Waals surface area contributed by atoms with Crippen LogP contribution in [0.1, 0.15) is 20.3 Å². The normalized spacial score (nSPS) is 19.9. The van der Waals surface area contributed by atoms with Crippen LogP contribution in [0.4, 0.5) is 4.39 Å². The molecule has 1 heterocycles. The Hall–Kier alpha value is -0.980. The van der Waals surface area contributed by atoms with Gasteiger partial charge in [0.25, 0.3) is 0 Å². The first-order valence-electron chi connectivity index (χ1n) is 6.95. The Labute approximate surface area is 120 Å². The van der Waals surface area contributed by atoms with Gasteiger partial charge >= 0.3 is 0 Å². The van der Waals surface area contributed by atoms with E-state index in [1.807, 2.05) is 0 Å². The molecule has 1 atom stereocenters. The van der Waals surface area contributed by atoms with E-state index in [2.05, 4.69) is 18.7 Å². The number of nitrogens with zero attached hydrogens (tertiary/aromatic N) is 2. The van der Waals surface area contributed by atoms with Crippen molar-refractivity contribution in [3.63, 3.8) is 0 Å². The highest BCUT2D eigenvalue weighted by Gasteiger charge is 2.29. The third-order valence-electron chi connectivity index (χ3n) is 3.94. The van der Waals surface area contributed by atoms with E-state index >= 15 is 0 Å². The van der Waals surface area contributed by atoms with Gasteiger partial charge in [0.1, 0.15) is 5.82 Å². The van der Waals surface area contributed by atoms with E-state index < -0.39 is 15.8 Å². The van der Waals surface area contributed by atoms with Crippen LogP contribution >= 0.6 is 0 Å². The van der Waals surface area contributed by atoms with E-state index in [-0.39, 0.29) is 4.90 Å². The average molecular weight is 300 g/mol. The standard InChI is InChI=1S/C14H21FN2O2S/c1-3-12(2)16-8-10-17(11-9-16)20(18,19)14-6-4-13(15)5-7-14/h4-7,12H,3,8-11H2,1-2H3/t12-/m1/s1. The maximum Gasteiger partial charge on any atom is 0.243 e. The molecule has 0 spiro atoms. The summed E-state index contributed by atoms with van der Waals surface area (Å²) in [5.41, 5.74) is 0. The summed E-state index contributed by atoms with van der Waals surface area (Å²) in [7, 11) is -3.49. The predicted molar refractivity (Wildman–Crippen MR) is 76.5 cm³/mol. The van der Waals surface area contributed by atoms with Gasteiger partial charge in [0.2, 0.25) is 10.0 Å². The zero-order chi connectivity index (χ0) is 14.8. The predicted octanol–water partition coefficient (Wildman–Crippen LogP) is 1.93. The number of benzene rings is 1. The molecule has 0 N–H and O–H groups in total. The number of rotatable bonds is 4. The minimum Gasteiger partial charge on any atom is -0.298 e. The summed E-state index contributed by atoms with van der Waals surface area (Å²) >= 11 is 0. The molecule has 1 aromatic rings. The second kappa shape index (κ2) is 6.20. The molecule has 0 unspecified atom stereocenters. The molecule has 1 fully saturated rings. The van der Waals surface area contributed by atoms with E-state index in [0.717, 1.165) is 19.5 Å². The topological polar surface area (TPSA) is 40.6 Å². The van der Waals surface area contributed by atoms with Gasteiger partial charge in [0, 0.05) is 32.2 Å². The van der Waals surface area contributed by atoms with Gasteiger partial charge in [-0.25, -0.2) is 12.8 Å². The van der Waals surface area contributed by atoms with Crippen LogP contribution in [0, 0.1) is 5.82 Å². The van der Waals surface area contributed by atoms with Crippen LogP contribution in [-0.2, 0) is 10.0 Å². The molecule has 0 saturated carbocycles. The van der Waals surface area contributed by atoms with Crippen molar-refractivity contribution >= 4 is 10.0 Å². The molecule has 0 bridgehead atoms. The van der Waals surface area contributed by atoms with Gasteiger partial charge in [0.05, 0.1) is 4.90 Å². The smallest absolute Gasteiger partial charge is 0.243 e. The lowest BCUT2D eigenvalue weighted by molar-refractivity contribution is 0.142. The van der Waals surface area contributed by atoms with Crippen molar-refractivity contribution in [1.82, 2.24) is 9.21 Å². The first-order chi connectivity index (χ1) is 9.45. The largest absolute Gasteiger partial charge is 0.298 e. The summed E-state index contributed by atoms with van der Waals surface area (Å²) in [5, 5.41) is 0. The van der Waals surface area contributed by atoms with Gasteiger partial charge in [-0.2, -0.15) is 4.31 Å². The number of hydrogen-bond acceptors (Lipinski definition) is 3. The average Bonchev–Trinajstić information content (AvgIpc) is 2.47.